The van der Waals surface area contributed by atoms with Crippen LogP contribution >= 0.6 is 0 Å². The predicted octanol–water partition coefficient (Wildman–Crippen LogP) is 1.70. The molecule has 3 rings (SSSR count). The summed E-state index contributed by atoms with van der Waals surface area (Å²) in [5.74, 6) is -0.0294. The number of carboxylic acid groups (broad SMARTS) is 1. The maximum absolute atomic E-state index is 11.0. The van der Waals surface area contributed by atoms with Crippen molar-refractivity contribution in [3.63, 3.8) is 0 Å². The molecule has 1 fully saturated rings. The first-order chi connectivity index (χ1) is 9.56. The molecule has 6 heteroatoms. The van der Waals surface area contributed by atoms with Crippen LogP contribution in [-0.2, 0) is 0 Å². The summed E-state index contributed by atoms with van der Waals surface area (Å²) < 4.78 is 0. The molecule has 2 atom stereocenters. The largest absolute Gasteiger partial charge is 0.465 e. The number of hydrogen-bond donors (Lipinski definition) is 3. The topological polar surface area (TPSA) is 89.5 Å². The summed E-state index contributed by atoms with van der Waals surface area (Å²) >= 11 is 0. The quantitative estimate of drug-likeness (QED) is 0.739. The molecule has 1 aliphatic rings. The van der Waals surface area contributed by atoms with Gasteiger partial charge in [-0.15, -0.1) is 0 Å². The van der Waals surface area contributed by atoms with Gasteiger partial charge in [-0.3, -0.25) is 5.10 Å². The number of carbonyl (C=O) groups is 1. The Hall–Kier alpha value is -2.08. The number of amides is 1. The molecule has 106 valence electrons. The fourth-order valence-electron chi connectivity index (χ4n) is 2.99. The van der Waals surface area contributed by atoms with Gasteiger partial charge in [-0.05, 0) is 36.6 Å². The zero-order chi connectivity index (χ0) is 14.3. The molecule has 1 amide bonds. The number of nitrogens with zero attached hydrogens (tertiary/aromatic N) is 2. The number of H-pyrrole nitrogens is 1. The monoisotopic (exact) mass is 275 g/mol. The minimum Gasteiger partial charge on any atom is -0.465 e. The summed E-state index contributed by atoms with van der Waals surface area (Å²) in [6.07, 6.45) is 0.769. The molecule has 6 nitrogen and oxygen atoms in total. The van der Waals surface area contributed by atoms with Gasteiger partial charge in [0.25, 0.3) is 0 Å². The van der Waals surface area contributed by atoms with Gasteiger partial charge in [0, 0.05) is 17.8 Å². The van der Waals surface area contributed by atoms with Crippen LogP contribution in [0.3, 0.4) is 0 Å². The normalized spacial score (nSPS) is 23.2. The van der Waals surface area contributed by atoms with Crippen molar-refractivity contribution in [1.29, 1.82) is 0 Å². The molecule has 1 saturated heterocycles. The molecule has 0 saturated carbocycles. The summed E-state index contributed by atoms with van der Waals surface area (Å²) in [6.45, 7) is 2.63. The van der Waals surface area contributed by atoms with E-state index in [-0.39, 0.29) is 12.5 Å². The van der Waals surface area contributed by atoms with Crippen LogP contribution in [0.4, 0.5) is 4.79 Å². The lowest BCUT2D eigenvalue weighted by Gasteiger charge is -2.35. The SMILES string of the molecule is Cc1cc2cn[nH]c2cc1C1CCN(C(=O)O)CC1O. The number of likely N-dealkylation sites (tertiary alicyclic amines) is 1. The molecule has 1 aromatic heterocycles. The average molecular weight is 275 g/mol. The summed E-state index contributed by atoms with van der Waals surface area (Å²) in [6, 6.07) is 4.06. The number of rotatable bonds is 1. The number of nitrogens with one attached hydrogen (secondary N) is 1. The number of benzene rings is 1. The van der Waals surface area contributed by atoms with Gasteiger partial charge in [-0.25, -0.2) is 4.79 Å². The molecular weight excluding hydrogens is 258 g/mol. The van der Waals surface area contributed by atoms with Gasteiger partial charge >= 0.3 is 6.09 Å². The Kier molecular flexibility index (Phi) is 3.10. The number of aromatic nitrogens is 2. The molecule has 2 unspecified atom stereocenters. The van der Waals surface area contributed by atoms with Gasteiger partial charge in [0.05, 0.1) is 24.4 Å². The highest BCUT2D eigenvalue weighted by Crippen LogP contribution is 2.32. The Morgan fingerprint density at radius 1 is 1.50 bits per heavy atom. The van der Waals surface area contributed by atoms with Gasteiger partial charge in [0.2, 0.25) is 0 Å². The van der Waals surface area contributed by atoms with Crippen LogP contribution in [0.5, 0.6) is 0 Å². The Balaban J connectivity index is 1.91. The standard InChI is InChI=1S/C14H17N3O3/c1-8-4-9-6-15-16-12(9)5-11(8)10-2-3-17(14(19)20)7-13(10)18/h4-6,10,13,18H,2-3,7H2,1H3,(H,15,16)(H,19,20). The van der Waals surface area contributed by atoms with Crippen molar-refractivity contribution < 1.29 is 15.0 Å². The van der Waals surface area contributed by atoms with Gasteiger partial charge in [-0.1, -0.05) is 0 Å². The molecule has 2 heterocycles. The van der Waals surface area contributed by atoms with Gasteiger partial charge in [-0.2, -0.15) is 5.10 Å². The third-order valence-corrected chi connectivity index (χ3v) is 4.08. The van der Waals surface area contributed by atoms with E-state index in [9.17, 15) is 9.90 Å². The Morgan fingerprint density at radius 2 is 2.30 bits per heavy atom. The van der Waals surface area contributed by atoms with Crippen molar-refractivity contribution in [3.05, 3.63) is 29.5 Å². The molecule has 0 bridgehead atoms. The smallest absolute Gasteiger partial charge is 0.407 e. The number of aromatic amines is 1. The second kappa shape index (κ2) is 4.79. The van der Waals surface area contributed by atoms with Crippen LogP contribution in [0.2, 0.25) is 0 Å². The van der Waals surface area contributed by atoms with Crippen molar-refractivity contribution in [1.82, 2.24) is 15.1 Å². The minimum absolute atomic E-state index is 0.0294. The Bertz CT molecular complexity index is 652. The van der Waals surface area contributed by atoms with E-state index in [1.165, 1.54) is 4.90 Å². The fourth-order valence-corrected chi connectivity index (χ4v) is 2.99. The second-order valence-electron chi connectivity index (χ2n) is 5.36. The number of aliphatic hydroxyl groups is 1. The molecular formula is C14H17N3O3. The summed E-state index contributed by atoms with van der Waals surface area (Å²) in [5, 5.41) is 27.2. The first-order valence-electron chi connectivity index (χ1n) is 6.66. The predicted molar refractivity (Wildman–Crippen MR) is 73.8 cm³/mol. The van der Waals surface area contributed by atoms with Crippen LogP contribution in [-0.4, -0.2) is 50.6 Å². The van der Waals surface area contributed by atoms with E-state index in [4.69, 9.17) is 5.11 Å². The van der Waals surface area contributed by atoms with Crippen molar-refractivity contribution >= 4 is 17.0 Å². The van der Waals surface area contributed by atoms with E-state index >= 15 is 0 Å². The van der Waals surface area contributed by atoms with Crippen LogP contribution in [0, 0.1) is 6.92 Å². The maximum atomic E-state index is 11.0. The number of piperidine rings is 1. The number of aryl methyl sites for hydroxylation is 1. The average Bonchev–Trinajstić information content (AvgIpc) is 2.84. The van der Waals surface area contributed by atoms with E-state index in [2.05, 4.69) is 10.2 Å². The molecule has 1 aromatic carbocycles. The van der Waals surface area contributed by atoms with E-state index in [1.54, 1.807) is 6.20 Å². The van der Waals surface area contributed by atoms with Crippen LogP contribution in [0.15, 0.2) is 18.3 Å². The first kappa shape index (κ1) is 12.9. The van der Waals surface area contributed by atoms with E-state index < -0.39 is 12.2 Å². The molecule has 20 heavy (non-hydrogen) atoms. The molecule has 0 spiro atoms. The summed E-state index contributed by atoms with van der Waals surface area (Å²) in [7, 11) is 0. The minimum atomic E-state index is -0.969. The summed E-state index contributed by atoms with van der Waals surface area (Å²) in [5.41, 5.74) is 3.12. The van der Waals surface area contributed by atoms with Crippen LogP contribution < -0.4 is 0 Å². The number of aliphatic hydroxyl groups excluding tert-OH is 1. The molecule has 3 N–H and O–H groups in total. The highest BCUT2D eigenvalue weighted by molar-refractivity contribution is 5.80. The van der Waals surface area contributed by atoms with E-state index in [0.717, 1.165) is 22.0 Å². The molecule has 1 aliphatic heterocycles. The lowest BCUT2D eigenvalue weighted by Crippen LogP contribution is -2.45. The molecule has 2 aromatic rings. The van der Waals surface area contributed by atoms with Gasteiger partial charge in [0.1, 0.15) is 0 Å². The lowest BCUT2D eigenvalue weighted by molar-refractivity contribution is 0.0503. The first-order valence-corrected chi connectivity index (χ1v) is 6.66. The third-order valence-electron chi connectivity index (χ3n) is 4.08. The fraction of sp³-hybridized carbons (Fsp3) is 0.429. The van der Waals surface area contributed by atoms with Crippen molar-refractivity contribution in [3.8, 4) is 0 Å². The summed E-state index contributed by atoms with van der Waals surface area (Å²) in [4.78, 5) is 12.2. The Morgan fingerprint density at radius 3 is 3.00 bits per heavy atom. The molecule has 0 radical (unpaired) electrons. The third kappa shape index (κ3) is 2.12. The van der Waals surface area contributed by atoms with Crippen LogP contribution in [0.1, 0.15) is 23.5 Å². The molecule has 0 aliphatic carbocycles. The zero-order valence-electron chi connectivity index (χ0n) is 11.2. The van der Waals surface area contributed by atoms with Crippen molar-refractivity contribution in [2.75, 3.05) is 13.1 Å². The lowest BCUT2D eigenvalue weighted by atomic mass is 9.84. The second-order valence-corrected chi connectivity index (χ2v) is 5.36. The number of fused-ring (bicyclic) bond motifs is 1. The van der Waals surface area contributed by atoms with Gasteiger partial charge < -0.3 is 15.1 Å². The van der Waals surface area contributed by atoms with Crippen molar-refractivity contribution in [2.24, 2.45) is 0 Å². The van der Waals surface area contributed by atoms with Crippen LogP contribution in [0.25, 0.3) is 10.9 Å². The highest BCUT2D eigenvalue weighted by Gasteiger charge is 2.31. The van der Waals surface area contributed by atoms with E-state index in [1.807, 2.05) is 19.1 Å². The number of β-amino-alcohol motifs (C(OH)–C–C–N with tert-alkyl or cyclic N) is 1. The maximum Gasteiger partial charge on any atom is 0.407 e. The van der Waals surface area contributed by atoms with E-state index in [0.29, 0.717) is 13.0 Å². The van der Waals surface area contributed by atoms with Gasteiger partial charge in [0.15, 0.2) is 0 Å². The highest BCUT2D eigenvalue weighted by atomic mass is 16.4. The van der Waals surface area contributed by atoms with Crippen molar-refractivity contribution in [2.45, 2.75) is 25.4 Å². The zero-order valence-corrected chi connectivity index (χ0v) is 11.2. The Labute approximate surface area is 116 Å². The number of hydrogen-bond acceptors (Lipinski definition) is 3.